The van der Waals surface area contributed by atoms with Crippen molar-refractivity contribution in [1.82, 2.24) is 4.90 Å². The van der Waals surface area contributed by atoms with Gasteiger partial charge in [0.15, 0.2) is 0 Å². The van der Waals surface area contributed by atoms with Crippen LogP contribution in [0.2, 0.25) is 0 Å². The Morgan fingerprint density at radius 1 is 1.53 bits per heavy atom. The summed E-state index contributed by atoms with van der Waals surface area (Å²) < 4.78 is 0.918. The number of amides is 1. The summed E-state index contributed by atoms with van der Waals surface area (Å²) in [6.45, 7) is 1.33. The van der Waals surface area contributed by atoms with E-state index in [0.717, 1.165) is 9.99 Å². The molecular formula is C12H14INO3. The monoisotopic (exact) mass is 347 g/mol. The Morgan fingerprint density at radius 2 is 2.29 bits per heavy atom. The molecule has 2 rings (SSSR count). The molecule has 1 aromatic carbocycles. The van der Waals surface area contributed by atoms with E-state index < -0.39 is 0 Å². The van der Waals surface area contributed by atoms with Gasteiger partial charge >= 0.3 is 0 Å². The van der Waals surface area contributed by atoms with Crippen molar-refractivity contribution in [1.29, 1.82) is 0 Å². The number of hydrogen-bond donors (Lipinski definition) is 2. The number of aliphatic hydroxyl groups excluding tert-OH is 1. The summed E-state index contributed by atoms with van der Waals surface area (Å²) in [5, 5.41) is 18.7. The highest BCUT2D eigenvalue weighted by Gasteiger charge is 2.27. The van der Waals surface area contributed by atoms with Crippen LogP contribution in [0.3, 0.4) is 0 Å². The van der Waals surface area contributed by atoms with Gasteiger partial charge in [0.1, 0.15) is 5.75 Å². The number of carbonyl (C=O) groups excluding carboxylic acids is 1. The maximum Gasteiger partial charge on any atom is 0.257 e. The van der Waals surface area contributed by atoms with Crippen molar-refractivity contribution < 1.29 is 15.0 Å². The van der Waals surface area contributed by atoms with Crippen molar-refractivity contribution in [2.45, 2.75) is 6.42 Å². The van der Waals surface area contributed by atoms with E-state index in [0.29, 0.717) is 18.7 Å². The van der Waals surface area contributed by atoms with Gasteiger partial charge in [0.2, 0.25) is 0 Å². The Bertz CT molecular complexity index is 436. The summed E-state index contributed by atoms with van der Waals surface area (Å²) in [4.78, 5) is 13.8. The summed E-state index contributed by atoms with van der Waals surface area (Å²) in [5.74, 6) is 0.0312. The second kappa shape index (κ2) is 5.22. The van der Waals surface area contributed by atoms with Crippen molar-refractivity contribution in [2.24, 2.45) is 5.92 Å². The summed E-state index contributed by atoms with van der Waals surface area (Å²) in [5.41, 5.74) is 0.343. The molecular weight excluding hydrogens is 333 g/mol. The molecule has 4 nitrogen and oxygen atoms in total. The van der Waals surface area contributed by atoms with Gasteiger partial charge in [-0.05, 0) is 47.2 Å². The first-order valence-corrected chi connectivity index (χ1v) is 6.58. The Balaban J connectivity index is 2.17. The number of phenolic OH excluding ortho intramolecular Hbond substituents is 1. The van der Waals surface area contributed by atoms with Gasteiger partial charge in [0.25, 0.3) is 5.91 Å². The first kappa shape index (κ1) is 12.6. The summed E-state index contributed by atoms with van der Waals surface area (Å²) >= 11 is 2.11. The number of hydrogen-bond acceptors (Lipinski definition) is 3. The van der Waals surface area contributed by atoms with Crippen molar-refractivity contribution >= 4 is 28.5 Å². The SMILES string of the molecule is O=C(c1cc(I)ccc1O)N1CCC(CO)C1. The molecule has 1 aromatic rings. The Hall–Kier alpha value is -0.820. The Kier molecular flexibility index (Phi) is 3.88. The molecule has 0 aliphatic carbocycles. The van der Waals surface area contributed by atoms with Crippen LogP contribution in [0, 0.1) is 9.49 Å². The average Bonchev–Trinajstić information content (AvgIpc) is 2.80. The zero-order valence-corrected chi connectivity index (χ0v) is 11.4. The van der Waals surface area contributed by atoms with Gasteiger partial charge in [-0.1, -0.05) is 0 Å². The van der Waals surface area contributed by atoms with E-state index in [2.05, 4.69) is 22.6 Å². The lowest BCUT2D eigenvalue weighted by Crippen LogP contribution is -2.29. The average molecular weight is 347 g/mol. The number of aliphatic hydroxyl groups is 1. The second-order valence-corrected chi connectivity index (χ2v) is 5.50. The van der Waals surface area contributed by atoms with Crippen LogP contribution >= 0.6 is 22.6 Å². The van der Waals surface area contributed by atoms with Crippen LogP contribution in [-0.2, 0) is 0 Å². The van der Waals surface area contributed by atoms with E-state index in [1.807, 2.05) is 0 Å². The molecule has 92 valence electrons. The van der Waals surface area contributed by atoms with Crippen molar-refractivity contribution in [3.8, 4) is 5.75 Å². The lowest BCUT2D eigenvalue weighted by molar-refractivity contribution is 0.0779. The standard InChI is InChI=1S/C12H14INO3/c13-9-1-2-11(16)10(5-9)12(17)14-4-3-8(6-14)7-15/h1-2,5,8,15-16H,3-4,6-7H2. The summed E-state index contributed by atoms with van der Waals surface area (Å²) in [6, 6.07) is 4.98. The topological polar surface area (TPSA) is 60.8 Å². The minimum atomic E-state index is -0.156. The van der Waals surface area contributed by atoms with E-state index in [1.54, 1.807) is 17.0 Å². The zero-order valence-electron chi connectivity index (χ0n) is 9.27. The molecule has 0 spiro atoms. The fraction of sp³-hybridized carbons (Fsp3) is 0.417. The van der Waals surface area contributed by atoms with Crippen LogP contribution in [0.4, 0.5) is 0 Å². The van der Waals surface area contributed by atoms with Gasteiger partial charge in [-0.3, -0.25) is 4.79 Å². The quantitative estimate of drug-likeness (QED) is 0.797. The third kappa shape index (κ3) is 2.71. The fourth-order valence-electron chi connectivity index (χ4n) is 2.02. The highest BCUT2D eigenvalue weighted by molar-refractivity contribution is 14.1. The Morgan fingerprint density at radius 3 is 2.94 bits per heavy atom. The molecule has 5 heteroatoms. The van der Waals surface area contributed by atoms with E-state index >= 15 is 0 Å². The van der Waals surface area contributed by atoms with Crippen molar-refractivity contribution in [3.05, 3.63) is 27.3 Å². The van der Waals surface area contributed by atoms with Crippen LogP contribution < -0.4 is 0 Å². The minimum absolute atomic E-state index is 0.0165. The summed E-state index contributed by atoms with van der Waals surface area (Å²) in [7, 11) is 0. The molecule has 17 heavy (non-hydrogen) atoms. The van der Waals surface area contributed by atoms with Gasteiger partial charge in [-0.2, -0.15) is 0 Å². The van der Waals surface area contributed by atoms with E-state index in [9.17, 15) is 9.90 Å². The predicted molar refractivity (Wildman–Crippen MR) is 71.9 cm³/mol. The van der Waals surface area contributed by atoms with Gasteiger partial charge in [0, 0.05) is 29.2 Å². The molecule has 1 aliphatic rings. The highest BCUT2D eigenvalue weighted by atomic mass is 127. The van der Waals surface area contributed by atoms with Crippen LogP contribution in [-0.4, -0.2) is 40.7 Å². The third-order valence-electron chi connectivity index (χ3n) is 3.02. The summed E-state index contributed by atoms with van der Waals surface area (Å²) in [6.07, 6.45) is 0.826. The number of nitrogens with zero attached hydrogens (tertiary/aromatic N) is 1. The van der Waals surface area contributed by atoms with Gasteiger partial charge in [-0.15, -0.1) is 0 Å². The number of carbonyl (C=O) groups is 1. The van der Waals surface area contributed by atoms with Gasteiger partial charge < -0.3 is 15.1 Å². The minimum Gasteiger partial charge on any atom is -0.507 e. The lowest BCUT2D eigenvalue weighted by Gasteiger charge is -2.17. The number of aromatic hydroxyl groups is 1. The molecule has 1 saturated heterocycles. The van der Waals surface area contributed by atoms with E-state index in [-0.39, 0.29) is 24.2 Å². The molecule has 1 heterocycles. The number of halogens is 1. The molecule has 2 N–H and O–H groups in total. The number of benzene rings is 1. The van der Waals surface area contributed by atoms with Gasteiger partial charge in [0.05, 0.1) is 5.56 Å². The molecule has 1 fully saturated rings. The van der Waals surface area contributed by atoms with Crippen molar-refractivity contribution in [3.63, 3.8) is 0 Å². The number of likely N-dealkylation sites (tertiary alicyclic amines) is 1. The smallest absolute Gasteiger partial charge is 0.257 e. The normalized spacial score (nSPS) is 19.6. The maximum absolute atomic E-state index is 12.2. The third-order valence-corrected chi connectivity index (χ3v) is 3.69. The molecule has 1 aliphatic heterocycles. The molecule has 0 radical (unpaired) electrons. The van der Waals surface area contributed by atoms with Gasteiger partial charge in [-0.25, -0.2) is 0 Å². The van der Waals surface area contributed by atoms with Crippen LogP contribution in [0.15, 0.2) is 18.2 Å². The first-order chi connectivity index (χ1) is 8.11. The van der Waals surface area contributed by atoms with E-state index in [4.69, 9.17) is 5.11 Å². The van der Waals surface area contributed by atoms with Crippen LogP contribution in [0.25, 0.3) is 0 Å². The first-order valence-electron chi connectivity index (χ1n) is 5.50. The molecule has 1 unspecified atom stereocenters. The molecule has 1 atom stereocenters. The number of phenols is 1. The molecule has 1 amide bonds. The second-order valence-electron chi connectivity index (χ2n) is 4.25. The highest BCUT2D eigenvalue weighted by Crippen LogP contribution is 2.24. The Labute approximate surface area is 113 Å². The maximum atomic E-state index is 12.2. The molecule has 0 bridgehead atoms. The molecule has 0 saturated carbocycles. The fourth-order valence-corrected chi connectivity index (χ4v) is 2.51. The zero-order chi connectivity index (χ0) is 12.4. The van der Waals surface area contributed by atoms with Crippen molar-refractivity contribution in [2.75, 3.05) is 19.7 Å². The predicted octanol–water partition coefficient (Wildman–Crippen LogP) is 1.45. The largest absolute Gasteiger partial charge is 0.507 e. The van der Waals surface area contributed by atoms with Crippen LogP contribution in [0.1, 0.15) is 16.8 Å². The lowest BCUT2D eigenvalue weighted by atomic mass is 10.1. The van der Waals surface area contributed by atoms with E-state index in [1.165, 1.54) is 6.07 Å². The molecule has 0 aromatic heterocycles. The van der Waals surface area contributed by atoms with Crippen LogP contribution in [0.5, 0.6) is 5.75 Å². The number of rotatable bonds is 2.